The fourth-order valence-corrected chi connectivity index (χ4v) is 4.07. The second kappa shape index (κ2) is 6.47. The minimum atomic E-state index is -3.46. The number of hydrogen-bond donors (Lipinski definition) is 0. The first-order valence-electron chi connectivity index (χ1n) is 6.81. The Morgan fingerprint density at radius 2 is 2.10 bits per heavy atom. The molecule has 0 atom stereocenters. The van der Waals surface area contributed by atoms with Crippen molar-refractivity contribution in [1.82, 2.24) is 8.87 Å². The molecule has 1 aliphatic rings. The Morgan fingerprint density at radius 1 is 1.35 bits per heavy atom. The highest BCUT2D eigenvalue weighted by Crippen LogP contribution is 2.23. The molecule has 7 heteroatoms. The van der Waals surface area contributed by atoms with Crippen LogP contribution in [0.2, 0.25) is 0 Å². The summed E-state index contributed by atoms with van der Waals surface area (Å²) in [4.78, 5) is 0.323. The lowest BCUT2D eigenvalue weighted by atomic mass is 10.4. The van der Waals surface area contributed by atoms with E-state index in [4.69, 9.17) is 16.3 Å². The van der Waals surface area contributed by atoms with Crippen molar-refractivity contribution >= 4 is 21.6 Å². The summed E-state index contributed by atoms with van der Waals surface area (Å²) in [5.74, 6) is 0.302. The maximum absolute atomic E-state index is 12.7. The van der Waals surface area contributed by atoms with E-state index in [1.165, 1.54) is 4.31 Å². The highest BCUT2D eigenvalue weighted by atomic mass is 35.5. The molecule has 1 fully saturated rings. The van der Waals surface area contributed by atoms with Crippen molar-refractivity contribution in [3.8, 4) is 0 Å². The molecule has 5 nitrogen and oxygen atoms in total. The third-order valence-corrected chi connectivity index (χ3v) is 5.56. The molecule has 0 aromatic carbocycles. The van der Waals surface area contributed by atoms with E-state index in [0.717, 1.165) is 12.1 Å². The molecule has 20 heavy (non-hydrogen) atoms. The monoisotopic (exact) mass is 320 g/mol. The zero-order chi connectivity index (χ0) is 14.8. The predicted molar refractivity (Wildman–Crippen MR) is 78.6 cm³/mol. The Hall–Kier alpha value is -0.560. The average molecular weight is 321 g/mol. The average Bonchev–Trinajstić information content (AvgIpc) is 2.66. The first-order chi connectivity index (χ1) is 9.46. The minimum Gasteiger partial charge on any atom is -0.380 e. The van der Waals surface area contributed by atoms with Gasteiger partial charge in [-0.15, -0.1) is 11.6 Å². The van der Waals surface area contributed by atoms with E-state index in [2.05, 4.69) is 0 Å². The number of alkyl halides is 1. The fraction of sp³-hybridized carbons (Fsp3) is 0.692. The fourth-order valence-electron chi connectivity index (χ4n) is 2.34. The van der Waals surface area contributed by atoms with Crippen molar-refractivity contribution in [1.29, 1.82) is 0 Å². The number of ether oxygens (including phenoxy) is 1. The standard InChI is InChI=1S/C13H21ClN2O3S/c1-11(2)16-10-13(8-12(16)9-14)20(17,18)15-4-3-6-19-7-5-15/h8,10-11H,3-7,9H2,1-2H3. The van der Waals surface area contributed by atoms with E-state index < -0.39 is 10.0 Å². The van der Waals surface area contributed by atoms with Crippen LogP contribution < -0.4 is 0 Å². The molecule has 0 saturated carbocycles. The van der Waals surface area contributed by atoms with Crippen LogP contribution in [0, 0.1) is 0 Å². The van der Waals surface area contributed by atoms with Gasteiger partial charge >= 0.3 is 0 Å². The van der Waals surface area contributed by atoms with E-state index in [-0.39, 0.29) is 6.04 Å². The van der Waals surface area contributed by atoms with E-state index in [1.807, 2.05) is 18.4 Å². The third kappa shape index (κ3) is 3.19. The molecule has 0 N–H and O–H groups in total. The Labute approximate surface area is 125 Å². The van der Waals surface area contributed by atoms with Gasteiger partial charge < -0.3 is 9.30 Å². The summed E-state index contributed by atoms with van der Waals surface area (Å²) in [5, 5.41) is 0. The van der Waals surface area contributed by atoms with Gasteiger partial charge in [-0.2, -0.15) is 4.31 Å². The lowest BCUT2D eigenvalue weighted by molar-refractivity contribution is 0.148. The number of hydrogen-bond acceptors (Lipinski definition) is 3. The minimum absolute atomic E-state index is 0.181. The maximum atomic E-state index is 12.7. The van der Waals surface area contributed by atoms with Gasteiger partial charge in [-0.3, -0.25) is 0 Å². The van der Waals surface area contributed by atoms with Gasteiger partial charge in [0.05, 0.1) is 12.5 Å². The van der Waals surface area contributed by atoms with Gasteiger partial charge in [-0.05, 0) is 26.3 Å². The molecule has 1 aromatic heterocycles. The summed E-state index contributed by atoms with van der Waals surface area (Å²) >= 11 is 5.90. The van der Waals surface area contributed by atoms with Crippen LogP contribution in [0.25, 0.3) is 0 Å². The lowest BCUT2D eigenvalue weighted by Crippen LogP contribution is -2.33. The van der Waals surface area contributed by atoms with Crippen LogP contribution >= 0.6 is 11.6 Å². The smallest absolute Gasteiger partial charge is 0.244 e. The summed E-state index contributed by atoms with van der Waals surface area (Å²) in [6.07, 6.45) is 2.41. The van der Waals surface area contributed by atoms with Gasteiger partial charge in [0, 0.05) is 37.6 Å². The quantitative estimate of drug-likeness (QED) is 0.799. The van der Waals surface area contributed by atoms with Crippen molar-refractivity contribution in [2.45, 2.75) is 37.1 Å². The number of aromatic nitrogens is 1. The third-order valence-electron chi connectivity index (χ3n) is 3.42. The summed E-state index contributed by atoms with van der Waals surface area (Å²) in [6.45, 7) is 5.99. The molecule has 1 aromatic rings. The molecule has 0 bridgehead atoms. The van der Waals surface area contributed by atoms with Crippen LogP contribution in [0.15, 0.2) is 17.2 Å². The SMILES string of the molecule is CC(C)n1cc(S(=O)(=O)N2CCCOCC2)cc1CCl. The number of rotatable bonds is 4. The van der Waals surface area contributed by atoms with Crippen LogP contribution in [-0.2, 0) is 20.6 Å². The normalized spacial score (nSPS) is 18.4. The first-order valence-corrected chi connectivity index (χ1v) is 8.79. The molecule has 2 rings (SSSR count). The van der Waals surface area contributed by atoms with Crippen molar-refractivity contribution in [2.24, 2.45) is 0 Å². The van der Waals surface area contributed by atoms with Gasteiger partial charge in [0.15, 0.2) is 0 Å². The first kappa shape index (κ1) is 15.8. The predicted octanol–water partition coefficient (Wildman–Crippen LogP) is 2.22. The molecule has 0 unspecified atom stereocenters. The molecule has 0 radical (unpaired) electrons. The van der Waals surface area contributed by atoms with Crippen LogP contribution in [0.5, 0.6) is 0 Å². The van der Waals surface area contributed by atoms with E-state index >= 15 is 0 Å². The van der Waals surface area contributed by atoms with Gasteiger partial charge in [-0.25, -0.2) is 8.42 Å². The van der Waals surface area contributed by atoms with Crippen LogP contribution in [0.1, 0.15) is 32.0 Å². The topological polar surface area (TPSA) is 51.5 Å². The molecule has 1 saturated heterocycles. The van der Waals surface area contributed by atoms with Gasteiger partial charge in [0.25, 0.3) is 0 Å². The maximum Gasteiger partial charge on any atom is 0.244 e. The molecule has 0 aliphatic carbocycles. The Balaban J connectivity index is 2.33. The van der Waals surface area contributed by atoms with Crippen LogP contribution in [0.4, 0.5) is 0 Å². The van der Waals surface area contributed by atoms with Gasteiger partial charge in [0.1, 0.15) is 4.90 Å². The Kier molecular flexibility index (Phi) is 5.12. The van der Waals surface area contributed by atoms with E-state index in [1.54, 1.807) is 12.3 Å². The Morgan fingerprint density at radius 3 is 2.70 bits per heavy atom. The molecular weight excluding hydrogens is 300 g/mol. The van der Waals surface area contributed by atoms with E-state index in [9.17, 15) is 8.42 Å². The summed E-state index contributed by atoms with van der Waals surface area (Å²) in [7, 11) is -3.46. The highest BCUT2D eigenvalue weighted by Gasteiger charge is 2.27. The van der Waals surface area contributed by atoms with Crippen molar-refractivity contribution in [3.63, 3.8) is 0 Å². The van der Waals surface area contributed by atoms with Crippen molar-refractivity contribution < 1.29 is 13.2 Å². The highest BCUT2D eigenvalue weighted by molar-refractivity contribution is 7.89. The zero-order valence-corrected chi connectivity index (χ0v) is 13.5. The molecule has 1 aliphatic heterocycles. The molecule has 2 heterocycles. The lowest BCUT2D eigenvalue weighted by Gasteiger charge is -2.18. The number of sulfonamides is 1. The second-order valence-corrected chi connectivity index (χ2v) is 7.38. The Bertz CT molecular complexity index is 546. The van der Waals surface area contributed by atoms with Gasteiger partial charge in [-0.1, -0.05) is 0 Å². The van der Waals surface area contributed by atoms with Crippen molar-refractivity contribution in [3.05, 3.63) is 18.0 Å². The summed E-state index contributed by atoms with van der Waals surface area (Å²) in [6, 6.07) is 1.86. The van der Waals surface area contributed by atoms with Gasteiger partial charge in [0.2, 0.25) is 10.0 Å². The van der Waals surface area contributed by atoms with Crippen LogP contribution in [0.3, 0.4) is 0 Å². The largest absolute Gasteiger partial charge is 0.380 e. The zero-order valence-electron chi connectivity index (χ0n) is 11.9. The number of nitrogens with zero attached hydrogens (tertiary/aromatic N) is 2. The molecule has 0 amide bonds. The van der Waals surface area contributed by atoms with Crippen LogP contribution in [-0.4, -0.2) is 43.6 Å². The van der Waals surface area contributed by atoms with E-state index in [0.29, 0.717) is 37.1 Å². The molecule has 114 valence electrons. The number of halogens is 1. The summed E-state index contributed by atoms with van der Waals surface area (Å²) < 4.78 is 34.0. The molecule has 0 spiro atoms. The molecular formula is C13H21ClN2O3S. The second-order valence-electron chi connectivity index (χ2n) is 5.17. The van der Waals surface area contributed by atoms with Crippen molar-refractivity contribution in [2.75, 3.05) is 26.3 Å². The summed E-state index contributed by atoms with van der Waals surface area (Å²) in [5.41, 5.74) is 0.825.